The molecule has 2 aliphatic carbocycles. The van der Waals surface area contributed by atoms with Gasteiger partial charge in [-0.1, -0.05) is 58.3 Å². The SMILES string of the molecule is CCCC1CCCC(N[C@H](C)C2CCCCCC2)CC1. The van der Waals surface area contributed by atoms with Gasteiger partial charge in [0.25, 0.3) is 0 Å². The summed E-state index contributed by atoms with van der Waals surface area (Å²) in [7, 11) is 0. The molecule has 0 radical (unpaired) electrons. The van der Waals surface area contributed by atoms with Gasteiger partial charge in [0.05, 0.1) is 0 Å². The molecule has 0 aliphatic heterocycles. The average Bonchev–Trinajstić information content (AvgIpc) is 2.82. The molecular weight excluding hydrogens is 242 g/mol. The molecule has 0 spiro atoms. The van der Waals surface area contributed by atoms with Crippen LogP contribution in [0.3, 0.4) is 0 Å². The summed E-state index contributed by atoms with van der Waals surface area (Å²) < 4.78 is 0. The molecule has 2 aliphatic rings. The lowest BCUT2D eigenvalue weighted by atomic mass is 9.91. The molecule has 118 valence electrons. The molecule has 3 atom stereocenters. The first-order chi connectivity index (χ1) is 9.79. The lowest BCUT2D eigenvalue weighted by Gasteiger charge is -2.28. The highest BCUT2D eigenvalue weighted by atomic mass is 14.9. The Labute approximate surface area is 127 Å². The Morgan fingerprint density at radius 2 is 1.60 bits per heavy atom. The van der Waals surface area contributed by atoms with Gasteiger partial charge >= 0.3 is 0 Å². The predicted octanol–water partition coefficient (Wildman–Crippen LogP) is 5.68. The van der Waals surface area contributed by atoms with Crippen LogP contribution in [0.4, 0.5) is 0 Å². The van der Waals surface area contributed by atoms with Crippen LogP contribution < -0.4 is 5.32 Å². The second kappa shape index (κ2) is 9.07. The standard InChI is InChI=1S/C19H37N/c1-3-9-17-10-8-13-19(15-14-17)20-16(2)18-11-6-4-5-7-12-18/h16-20H,3-15H2,1-2H3/t16-,17?,19?/m1/s1. The monoisotopic (exact) mass is 279 g/mol. The highest BCUT2D eigenvalue weighted by molar-refractivity contribution is 4.81. The van der Waals surface area contributed by atoms with E-state index in [2.05, 4.69) is 19.2 Å². The third-order valence-corrected chi connectivity index (χ3v) is 5.89. The largest absolute Gasteiger partial charge is 0.311 e. The molecule has 0 aromatic heterocycles. The summed E-state index contributed by atoms with van der Waals surface area (Å²) >= 11 is 0. The fourth-order valence-electron chi connectivity index (χ4n) is 4.56. The molecule has 2 fully saturated rings. The maximum absolute atomic E-state index is 4.02. The van der Waals surface area contributed by atoms with Crippen molar-refractivity contribution in [1.82, 2.24) is 5.32 Å². The molecule has 2 saturated carbocycles. The van der Waals surface area contributed by atoms with Gasteiger partial charge in [0.2, 0.25) is 0 Å². The van der Waals surface area contributed by atoms with Crippen molar-refractivity contribution in [1.29, 1.82) is 0 Å². The van der Waals surface area contributed by atoms with E-state index in [0.29, 0.717) is 0 Å². The van der Waals surface area contributed by atoms with Gasteiger partial charge in [0.1, 0.15) is 0 Å². The van der Waals surface area contributed by atoms with Crippen LogP contribution in [0, 0.1) is 11.8 Å². The van der Waals surface area contributed by atoms with E-state index in [9.17, 15) is 0 Å². The number of hydrogen-bond donors (Lipinski definition) is 1. The fourth-order valence-corrected chi connectivity index (χ4v) is 4.56. The first-order valence-corrected chi connectivity index (χ1v) is 9.55. The molecule has 20 heavy (non-hydrogen) atoms. The Bertz CT molecular complexity index is 242. The summed E-state index contributed by atoms with van der Waals surface area (Å²) in [5.41, 5.74) is 0. The van der Waals surface area contributed by atoms with Crippen molar-refractivity contribution >= 4 is 0 Å². The van der Waals surface area contributed by atoms with E-state index in [4.69, 9.17) is 0 Å². The molecule has 0 heterocycles. The third kappa shape index (κ3) is 5.39. The van der Waals surface area contributed by atoms with Gasteiger partial charge in [0.15, 0.2) is 0 Å². The van der Waals surface area contributed by atoms with Crippen LogP contribution in [0.25, 0.3) is 0 Å². The van der Waals surface area contributed by atoms with Crippen LogP contribution in [0.2, 0.25) is 0 Å². The lowest BCUT2D eigenvalue weighted by Crippen LogP contribution is -2.40. The minimum absolute atomic E-state index is 0.751. The van der Waals surface area contributed by atoms with Gasteiger partial charge in [-0.2, -0.15) is 0 Å². The molecular formula is C19H37N. The summed E-state index contributed by atoms with van der Waals surface area (Å²) in [5.74, 6) is 1.98. The Balaban J connectivity index is 1.74. The fraction of sp³-hybridized carbons (Fsp3) is 1.00. The molecule has 1 heteroatoms. The van der Waals surface area contributed by atoms with Crippen LogP contribution in [-0.2, 0) is 0 Å². The highest BCUT2D eigenvalue weighted by Crippen LogP contribution is 2.29. The summed E-state index contributed by atoms with van der Waals surface area (Å²) in [4.78, 5) is 0. The van der Waals surface area contributed by atoms with Gasteiger partial charge in [-0.25, -0.2) is 0 Å². The summed E-state index contributed by atoms with van der Waals surface area (Å²) in [6.45, 7) is 4.80. The Hall–Kier alpha value is -0.0400. The number of nitrogens with one attached hydrogen (secondary N) is 1. The minimum Gasteiger partial charge on any atom is -0.311 e. The first kappa shape index (κ1) is 16.3. The van der Waals surface area contributed by atoms with Crippen molar-refractivity contribution in [2.45, 2.75) is 109 Å². The van der Waals surface area contributed by atoms with E-state index in [-0.39, 0.29) is 0 Å². The normalized spacial score (nSPS) is 31.5. The summed E-state index contributed by atoms with van der Waals surface area (Å²) in [6, 6.07) is 1.57. The van der Waals surface area contributed by atoms with Gasteiger partial charge in [-0.3, -0.25) is 0 Å². The molecule has 0 aromatic rings. The summed E-state index contributed by atoms with van der Waals surface area (Å²) in [5, 5.41) is 4.02. The molecule has 1 N–H and O–H groups in total. The topological polar surface area (TPSA) is 12.0 Å². The maximum atomic E-state index is 4.02. The van der Waals surface area contributed by atoms with Crippen LogP contribution >= 0.6 is 0 Å². The lowest BCUT2D eigenvalue weighted by molar-refractivity contribution is 0.294. The van der Waals surface area contributed by atoms with E-state index in [1.807, 2.05) is 0 Å². The van der Waals surface area contributed by atoms with Crippen molar-refractivity contribution in [3.8, 4) is 0 Å². The summed E-state index contributed by atoms with van der Waals surface area (Å²) in [6.07, 6.45) is 19.0. The van der Waals surface area contributed by atoms with Crippen molar-refractivity contribution in [2.24, 2.45) is 11.8 Å². The second-order valence-electron chi connectivity index (χ2n) is 7.57. The van der Waals surface area contributed by atoms with Crippen molar-refractivity contribution in [3.05, 3.63) is 0 Å². The van der Waals surface area contributed by atoms with Gasteiger partial charge in [-0.05, 0) is 50.9 Å². The van der Waals surface area contributed by atoms with Crippen molar-refractivity contribution in [2.75, 3.05) is 0 Å². The van der Waals surface area contributed by atoms with Crippen LogP contribution in [-0.4, -0.2) is 12.1 Å². The van der Waals surface area contributed by atoms with Crippen LogP contribution in [0.5, 0.6) is 0 Å². The van der Waals surface area contributed by atoms with E-state index >= 15 is 0 Å². The van der Waals surface area contributed by atoms with E-state index in [0.717, 1.165) is 23.9 Å². The van der Waals surface area contributed by atoms with Gasteiger partial charge < -0.3 is 5.32 Å². The minimum atomic E-state index is 0.751. The van der Waals surface area contributed by atoms with Gasteiger partial charge in [0, 0.05) is 12.1 Å². The number of rotatable bonds is 5. The van der Waals surface area contributed by atoms with Crippen LogP contribution in [0.1, 0.15) is 97.3 Å². The van der Waals surface area contributed by atoms with Crippen molar-refractivity contribution in [3.63, 3.8) is 0 Å². The molecule has 0 saturated heterocycles. The van der Waals surface area contributed by atoms with Gasteiger partial charge in [-0.15, -0.1) is 0 Å². The molecule has 0 aromatic carbocycles. The first-order valence-electron chi connectivity index (χ1n) is 9.55. The second-order valence-corrected chi connectivity index (χ2v) is 7.57. The highest BCUT2D eigenvalue weighted by Gasteiger charge is 2.23. The zero-order valence-corrected chi connectivity index (χ0v) is 14.0. The smallest absolute Gasteiger partial charge is 0.00697 e. The Morgan fingerprint density at radius 1 is 0.850 bits per heavy atom. The average molecular weight is 280 g/mol. The maximum Gasteiger partial charge on any atom is 0.00697 e. The van der Waals surface area contributed by atoms with Crippen LogP contribution in [0.15, 0.2) is 0 Å². The number of hydrogen-bond acceptors (Lipinski definition) is 1. The molecule has 1 nitrogen and oxygen atoms in total. The van der Waals surface area contributed by atoms with Crippen molar-refractivity contribution < 1.29 is 0 Å². The van der Waals surface area contributed by atoms with E-state index < -0.39 is 0 Å². The van der Waals surface area contributed by atoms with E-state index in [1.165, 1.54) is 83.5 Å². The zero-order valence-electron chi connectivity index (χ0n) is 14.0. The molecule has 0 bridgehead atoms. The van der Waals surface area contributed by atoms with E-state index in [1.54, 1.807) is 0 Å². The molecule has 2 rings (SSSR count). The molecule has 2 unspecified atom stereocenters. The Morgan fingerprint density at radius 3 is 2.30 bits per heavy atom. The zero-order chi connectivity index (χ0) is 14.2. The third-order valence-electron chi connectivity index (χ3n) is 5.89. The Kier molecular flexibility index (Phi) is 7.41. The predicted molar refractivity (Wildman–Crippen MR) is 89.1 cm³/mol. The molecule has 0 amide bonds. The quantitative estimate of drug-likeness (QED) is 0.638.